The smallest absolute Gasteiger partial charge is 0.320 e. The number of nitrogens with zero attached hydrogens (tertiary/aromatic N) is 2. The van der Waals surface area contributed by atoms with Gasteiger partial charge in [-0.15, -0.1) is 0 Å². The van der Waals surface area contributed by atoms with Crippen molar-refractivity contribution in [2.45, 2.75) is 118 Å². The first-order valence-corrected chi connectivity index (χ1v) is 18.5. The fraction of sp³-hybridized carbons (Fsp3) is 0.842. The molecule has 0 aromatic rings. The van der Waals surface area contributed by atoms with Gasteiger partial charge in [0, 0.05) is 19.5 Å². The Bertz CT molecular complexity index is 1200. The maximum Gasteiger partial charge on any atom is 0.320 e. The van der Waals surface area contributed by atoms with Crippen molar-refractivity contribution in [1.29, 1.82) is 0 Å². The molecular weight excluding hydrogens is 612 g/mol. The molecule has 0 unspecified atom stereocenters. The van der Waals surface area contributed by atoms with Gasteiger partial charge in [0.25, 0.3) is 0 Å². The Kier molecular flexibility index (Phi) is 12.5. The maximum atomic E-state index is 13.1. The van der Waals surface area contributed by atoms with E-state index in [0.29, 0.717) is 17.8 Å². The molecule has 0 saturated heterocycles. The van der Waals surface area contributed by atoms with E-state index in [2.05, 4.69) is 47.6 Å². The van der Waals surface area contributed by atoms with Crippen LogP contribution in [0.4, 0.5) is 0 Å². The van der Waals surface area contributed by atoms with Crippen LogP contribution in [0.15, 0.2) is 11.6 Å². The van der Waals surface area contributed by atoms with Crippen LogP contribution in [-0.4, -0.2) is 94.4 Å². The van der Waals surface area contributed by atoms with Gasteiger partial charge in [-0.05, 0) is 90.8 Å². The summed E-state index contributed by atoms with van der Waals surface area (Å²) in [5.41, 5.74) is 2.17. The van der Waals surface area contributed by atoms with Crippen molar-refractivity contribution in [3.63, 3.8) is 0 Å². The van der Waals surface area contributed by atoms with Crippen LogP contribution in [0.3, 0.4) is 0 Å². The lowest BCUT2D eigenvalue weighted by Crippen LogP contribution is -2.56. The molecule has 0 spiro atoms. The number of hydrogen-bond acceptors (Lipinski definition) is 7. The molecule has 3 saturated carbocycles. The predicted octanol–water partition coefficient (Wildman–Crippen LogP) is 6.19. The van der Waals surface area contributed by atoms with Crippen LogP contribution in [-0.2, 0) is 23.9 Å². The van der Waals surface area contributed by atoms with Crippen LogP contribution in [0.1, 0.15) is 112 Å². The molecule has 4 aliphatic rings. The normalized spacial score (nSPS) is 33.5. The number of ether oxygens (including phenoxy) is 1. The van der Waals surface area contributed by atoms with Gasteiger partial charge in [-0.3, -0.25) is 29.0 Å². The second-order valence-corrected chi connectivity index (χ2v) is 16.9. The Morgan fingerprint density at radius 3 is 1.98 bits per heavy atom. The number of carbonyl (C=O) groups excluding carboxylic acids is 1. The molecule has 4 rings (SSSR count). The third-order valence-electron chi connectivity index (χ3n) is 13.3. The molecule has 8 atom stereocenters. The molecule has 0 amide bonds. The van der Waals surface area contributed by atoms with E-state index < -0.39 is 43.5 Å². The van der Waals surface area contributed by atoms with Gasteiger partial charge in [-0.1, -0.05) is 72.5 Å². The Labute approximate surface area is 287 Å². The minimum atomic E-state index is -1.18. The van der Waals surface area contributed by atoms with E-state index in [1.807, 2.05) is 0 Å². The highest BCUT2D eigenvalue weighted by atomic mass is 16.5. The Morgan fingerprint density at radius 2 is 1.40 bits per heavy atom. The quantitative estimate of drug-likeness (QED) is 0.121. The number of hydrogen-bond donors (Lipinski definition) is 3. The van der Waals surface area contributed by atoms with Crippen LogP contribution in [0.25, 0.3) is 0 Å². The lowest BCUT2D eigenvalue weighted by Gasteiger charge is -2.63. The second kappa shape index (κ2) is 15.6. The lowest BCUT2D eigenvalue weighted by molar-refractivity contribution is -0.155. The number of carbonyl (C=O) groups is 4. The molecular formula is C38H62N2O8. The van der Waals surface area contributed by atoms with Crippen molar-refractivity contribution in [1.82, 2.24) is 9.80 Å². The van der Waals surface area contributed by atoms with Gasteiger partial charge in [0.1, 0.15) is 6.10 Å². The summed E-state index contributed by atoms with van der Waals surface area (Å²) in [6, 6.07) is 0. The van der Waals surface area contributed by atoms with E-state index in [-0.39, 0.29) is 36.6 Å². The van der Waals surface area contributed by atoms with Gasteiger partial charge in [0.05, 0.1) is 26.2 Å². The van der Waals surface area contributed by atoms with Crippen molar-refractivity contribution in [3.05, 3.63) is 11.6 Å². The van der Waals surface area contributed by atoms with Gasteiger partial charge in [0.2, 0.25) is 0 Å². The van der Waals surface area contributed by atoms with E-state index in [0.717, 1.165) is 42.9 Å². The second-order valence-electron chi connectivity index (χ2n) is 16.9. The summed E-state index contributed by atoms with van der Waals surface area (Å²) in [6.07, 6.45) is 15.0. The number of aliphatic carboxylic acids is 3. The van der Waals surface area contributed by atoms with E-state index in [1.165, 1.54) is 60.3 Å². The van der Waals surface area contributed by atoms with Gasteiger partial charge in [-0.2, -0.15) is 0 Å². The van der Waals surface area contributed by atoms with Crippen LogP contribution in [0, 0.1) is 45.8 Å². The minimum absolute atomic E-state index is 0.00812. The predicted molar refractivity (Wildman–Crippen MR) is 183 cm³/mol. The summed E-state index contributed by atoms with van der Waals surface area (Å²) in [5, 5.41) is 27.6. The minimum Gasteiger partial charge on any atom is -0.480 e. The summed E-state index contributed by atoms with van der Waals surface area (Å²) in [5.74, 6) is -0.318. The monoisotopic (exact) mass is 674 g/mol. The van der Waals surface area contributed by atoms with Crippen molar-refractivity contribution in [2.75, 3.05) is 39.3 Å². The number of fused-ring (bicyclic) bond motifs is 5. The zero-order valence-corrected chi connectivity index (χ0v) is 30.3. The molecule has 0 aromatic heterocycles. The molecule has 10 heteroatoms. The van der Waals surface area contributed by atoms with E-state index >= 15 is 0 Å². The zero-order valence-electron chi connectivity index (χ0n) is 30.3. The summed E-state index contributed by atoms with van der Waals surface area (Å²) in [6.45, 7) is 13.2. The summed E-state index contributed by atoms with van der Waals surface area (Å²) in [4.78, 5) is 49.5. The van der Waals surface area contributed by atoms with Crippen molar-refractivity contribution >= 4 is 23.9 Å². The third-order valence-corrected chi connectivity index (χ3v) is 13.3. The third kappa shape index (κ3) is 8.63. The average Bonchev–Trinajstić information content (AvgIpc) is 3.33. The Morgan fingerprint density at radius 1 is 0.792 bits per heavy atom. The number of carboxylic acids is 3. The van der Waals surface area contributed by atoms with E-state index in [9.17, 15) is 24.3 Å². The highest BCUT2D eigenvalue weighted by molar-refractivity contribution is 5.74. The molecule has 0 heterocycles. The Hall–Kier alpha value is -2.46. The zero-order chi connectivity index (χ0) is 35.4. The highest BCUT2D eigenvalue weighted by Crippen LogP contribution is 2.72. The van der Waals surface area contributed by atoms with Crippen molar-refractivity contribution < 1.29 is 39.2 Å². The molecule has 0 aliphatic heterocycles. The van der Waals surface area contributed by atoms with Crippen LogP contribution >= 0.6 is 0 Å². The van der Waals surface area contributed by atoms with Gasteiger partial charge in [0.15, 0.2) is 0 Å². The molecule has 272 valence electrons. The molecule has 0 aromatic carbocycles. The summed E-state index contributed by atoms with van der Waals surface area (Å²) < 4.78 is 5.95. The van der Waals surface area contributed by atoms with Crippen LogP contribution in [0.5, 0.6) is 0 Å². The number of rotatable bonds is 17. The summed E-state index contributed by atoms with van der Waals surface area (Å²) in [7, 11) is 0. The fourth-order valence-electron chi connectivity index (χ4n) is 11.1. The molecule has 10 nitrogen and oxygen atoms in total. The number of esters is 1. The molecule has 0 radical (unpaired) electrons. The first-order chi connectivity index (χ1) is 22.5. The Balaban J connectivity index is 1.38. The fourth-order valence-corrected chi connectivity index (χ4v) is 11.1. The molecule has 4 aliphatic carbocycles. The number of carboxylic acid groups (broad SMARTS) is 3. The SMILES string of the molecule is CC(C)CCC[C@@H](C)[C@H]1CC[C@@H]2[C@]1(C)CC[C@H]1[C@@]2(C)CC=C2C[C@@H](OC(=O)CN(CCN(CC(=O)O)CC(=O)O)CC(=O)O)CC[C@@]21C. The summed E-state index contributed by atoms with van der Waals surface area (Å²) >= 11 is 0. The van der Waals surface area contributed by atoms with Crippen molar-refractivity contribution in [2.24, 2.45) is 45.8 Å². The van der Waals surface area contributed by atoms with Gasteiger partial charge < -0.3 is 20.1 Å². The molecule has 3 fully saturated rings. The highest BCUT2D eigenvalue weighted by Gasteiger charge is 2.64. The topological polar surface area (TPSA) is 145 Å². The molecule has 3 N–H and O–H groups in total. The number of allylic oxidation sites excluding steroid dienone is 1. The van der Waals surface area contributed by atoms with Crippen LogP contribution in [0.2, 0.25) is 0 Å². The largest absolute Gasteiger partial charge is 0.480 e. The average molecular weight is 675 g/mol. The van der Waals surface area contributed by atoms with Crippen LogP contribution < -0.4 is 0 Å². The first-order valence-electron chi connectivity index (χ1n) is 18.5. The molecule has 48 heavy (non-hydrogen) atoms. The maximum absolute atomic E-state index is 13.1. The van der Waals surface area contributed by atoms with E-state index in [4.69, 9.17) is 14.9 Å². The van der Waals surface area contributed by atoms with Gasteiger partial charge in [-0.25, -0.2) is 0 Å². The first kappa shape index (κ1) is 38.3. The van der Waals surface area contributed by atoms with Gasteiger partial charge >= 0.3 is 23.9 Å². The molecule has 0 bridgehead atoms. The standard InChI is InChI=1S/C38H62N2O8/c1-25(2)8-7-9-26(3)29-10-11-30-37(29,5)17-14-31-36(4)16-13-28(20-27(36)12-15-38(30,31)6)48-35(47)24-40(23-34(45)46)19-18-39(21-32(41)42)22-33(43)44/h12,25-26,28-31H,7-11,13-24H2,1-6H3,(H,41,42)(H,43,44)(H,45,46)/t26-,28+,29-,30-,31-,36+,37-,38+/m1/s1. The van der Waals surface area contributed by atoms with E-state index in [1.54, 1.807) is 0 Å². The lowest BCUT2D eigenvalue weighted by atomic mass is 9.41. The van der Waals surface area contributed by atoms with Crippen molar-refractivity contribution in [3.8, 4) is 0 Å².